The maximum absolute atomic E-state index is 13.3. The molecule has 2 aromatic heterocycles. The fourth-order valence-electron chi connectivity index (χ4n) is 3.55. The number of nitrogens with one attached hydrogen (secondary N) is 1. The van der Waals surface area contributed by atoms with Gasteiger partial charge in [0.2, 0.25) is 5.91 Å². The van der Waals surface area contributed by atoms with E-state index in [1.54, 1.807) is 36.9 Å². The average molecular weight is 442 g/mol. The van der Waals surface area contributed by atoms with Crippen molar-refractivity contribution in [1.82, 2.24) is 19.7 Å². The number of benzene rings is 1. The number of rotatable bonds is 5. The highest BCUT2D eigenvalue weighted by Gasteiger charge is 2.27. The van der Waals surface area contributed by atoms with E-state index in [0.29, 0.717) is 47.5 Å². The van der Waals surface area contributed by atoms with Crippen LogP contribution in [-0.2, 0) is 24.8 Å². The van der Waals surface area contributed by atoms with Crippen molar-refractivity contribution >= 4 is 28.3 Å². The van der Waals surface area contributed by atoms with Crippen LogP contribution >= 0.6 is 11.3 Å². The van der Waals surface area contributed by atoms with E-state index in [0.717, 1.165) is 16.1 Å². The minimum Gasteiger partial charge on any atom is -0.497 e. The molecular formula is C21H23N5O4S. The first-order chi connectivity index (χ1) is 14.9. The van der Waals surface area contributed by atoms with Gasteiger partial charge in [0, 0.05) is 37.4 Å². The number of anilines is 1. The van der Waals surface area contributed by atoms with Crippen LogP contribution in [0.5, 0.6) is 11.5 Å². The van der Waals surface area contributed by atoms with E-state index in [4.69, 9.17) is 9.47 Å². The fraction of sp³-hybridized carbons (Fsp3) is 0.333. The summed E-state index contributed by atoms with van der Waals surface area (Å²) in [4.78, 5) is 31.8. The van der Waals surface area contributed by atoms with Gasteiger partial charge in [0.25, 0.3) is 5.91 Å². The highest BCUT2D eigenvalue weighted by Crippen LogP contribution is 2.34. The molecule has 0 fully saturated rings. The van der Waals surface area contributed by atoms with Gasteiger partial charge in [-0.05, 0) is 24.3 Å². The van der Waals surface area contributed by atoms with Crippen LogP contribution in [-0.4, -0.2) is 52.2 Å². The van der Waals surface area contributed by atoms with E-state index >= 15 is 0 Å². The number of methoxy groups -OCH3 is 2. The molecule has 1 aliphatic rings. The zero-order valence-electron chi connectivity index (χ0n) is 17.8. The monoisotopic (exact) mass is 441 g/mol. The van der Waals surface area contributed by atoms with Gasteiger partial charge in [0.1, 0.15) is 17.2 Å². The topological polar surface area (TPSA) is 98.6 Å². The number of thiazole rings is 1. The maximum Gasteiger partial charge on any atom is 0.272 e. The van der Waals surface area contributed by atoms with E-state index in [1.807, 2.05) is 18.2 Å². The van der Waals surface area contributed by atoms with Gasteiger partial charge < -0.3 is 19.7 Å². The maximum atomic E-state index is 13.3. The second kappa shape index (κ2) is 8.38. The zero-order chi connectivity index (χ0) is 22.1. The van der Waals surface area contributed by atoms with E-state index in [1.165, 1.54) is 18.3 Å². The van der Waals surface area contributed by atoms with Crippen LogP contribution in [0.25, 0.3) is 11.3 Å². The summed E-state index contributed by atoms with van der Waals surface area (Å²) < 4.78 is 12.4. The molecule has 1 N–H and O–H groups in total. The summed E-state index contributed by atoms with van der Waals surface area (Å²) in [6.07, 6.45) is 0.644. The Bertz CT molecular complexity index is 1150. The molecule has 9 nitrogen and oxygen atoms in total. The van der Waals surface area contributed by atoms with E-state index < -0.39 is 0 Å². The molecule has 0 atom stereocenters. The number of aromatic nitrogens is 3. The molecule has 2 amide bonds. The molecule has 1 aromatic carbocycles. The van der Waals surface area contributed by atoms with Crippen molar-refractivity contribution in [3.8, 4) is 22.8 Å². The molecule has 0 bridgehead atoms. The van der Waals surface area contributed by atoms with Crippen molar-refractivity contribution in [2.75, 3.05) is 26.1 Å². The van der Waals surface area contributed by atoms with Gasteiger partial charge >= 0.3 is 0 Å². The Hall–Kier alpha value is -3.40. The van der Waals surface area contributed by atoms with Crippen LogP contribution in [0.15, 0.2) is 24.3 Å². The number of carbonyl (C=O) groups excluding carboxylic acids is 2. The van der Waals surface area contributed by atoms with Gasteiger partial charge in [-0.3, -0.25) is 14.3 Å². The Kier molecular flexibility index (Phi) is 5.64. The van der Waals surface area contributed by atoms with E-state index in [9.17, 15) is 9.59 Å². The highest BCUT2D eigenvalue weighted by molar-refractivity contribution is 7.15. The van der Waals surface area contributed by atoms with Crippen molar-refractivity contribution < 1.29 is 19.1 Å². The quantitative estimate of drug-likeness (QED) is 0.654. The number of nitrogens with zero attached hydrogens (tertiary/aromatic N) is 4. The van der Waals surface area contributed by atoms with Gasteiger partial charge in [-0.2, -0.15) is 5.10 Å². The zero-order valence-corrected chi connectivity index (χ0v) is 18.6. The Morgan fingerprint density at radius 2 is 2.00 bits per heavy atom. The van der Waals surface area contributed by atoms with Crippen LogP contribution in [0.2, 0.25) is 0 Å². The molecule has 0 unspecified atom stereocenters. The third kappa shape index (κ3) is 4.11. The van der Waals surface area contributed by atoms with Gasteiger partial charge in [-0.15, -0.1) is 0 Å². The Balaban J connectivity index is 1.59. The summed E-state index contributed by atoms with van der Waals surface area (Å²) in [6.45, 7) is 2.46. The lowest BCUT2D eigenvalue weighted by Crippen LogP contribution is -2.36. The standard InChI is InChI=1S/C21H23N5O4S/c1-12(27)22-21-23-15-7-8-26(11-19(15)31-21)20(28)17-10-16(24-25(17)2)14-9-13(29-3)5-6-18(14)30-4/h5-6,9-10H,7-8,11H2,1-4H3,(H,22,23,27). The summed E-state index contributed by atoms with van der Waals surface area (Å²) in [6, 6.07) is 7.23. The van der Waals surface area contributed by atoms with Crippen LogP contribution in [0, 0.1) is 0 Å². The fourth-order valence-corrected chi connectivity index (χ4v) is 4.62. The number of fused-ring (bicyclic) bond motifs is 1. The van der Waals surface area contributed by atoms with Gasteiger partial charge in [-0.25, -0.2) is 4.98 Å². The molecule has 4 rings (SSSR count). The highest BCUT2D eigenvalue weighted by atomic mass is 32.1. The first-order valence-electron chi connectivity index (χ1n) is 9.71. The molecule has 3 aromatic rings. The molecule has 0 saturated carbocycles. The number of aryl methyl sites for hydroxylation is 1. The number of hydrogen-bond donors (Lipinski definition) is 1. The summed E-state index contributed by atoms with van der Waals surface area (Å²) in [5.41, 5.74) is 2.80. The third-order valence-electron chi connectivity index (χ3n) is 5.08. The average Bonchev–Trinajstić information content (AvgIpc) is 3.34. The van der Waals surface area contributed by atoms with Crippen LogP contribution < -0.4 is 14.8 Å². The molecular weight excluding hydrogens is 418 g/mol. The molecule has 0 radical (unpaired) electrons. The smallest absolute Gasteiger partial charge is 0.272 e. The van der Waals surface area contributed by atoms with Gasteiger partial charge in [-0.1, -0.05) is 11.3 Å². The van der Waals surface area contributed by atoms with Crippen molar-refractivity contribution in [3.05, 3.63) is 40.5 Å². The van der Waals surface area contributed by atoms with Crippen molar-refractivity contribution in [1.29, 1.82) is 0 Å². The predicted molar refractivity (Wildman–Crippen MR) is 117 cm³/mol. The predicted octanol–water partition coefficient (Wildman–Crippen LogP) is 2.72. The molecule has 0 spiro atoms. The van der Waals surface area contributed by atoms with Crippen LogP contribution in [0.4, 0.5) is 5.13 Å². The third-order valence-corrected chi connectivity index (χ3v) is 6.08. The summed E-state index contributed by atoms with van der Waals surface area (Å²) in [5, 5.41) is 7.82. The SMILES string of the molecule is COc1ccc(OC)c(-c2cc(C(=O)N3CCc4nc(NC(C)=O)sc4C3)n(C)n2)c1. The molecule has 31 heavy (non-hydrogen) atoms. The van der Waals surface area contributed by atoms with E-state index in [-0.39, 0.29) is 11.8 Å². The number of amides is 2. The van der Waals surface area contributed by atoms with Crippen LogP contribution in [0.3, 0.4) is 0 Å². The lowest BCUT2D eigenvalue weighted by molar-refractivity contribution is -0.114. The van der Waals surface area contributed by atoms with Crippen molar-refractivity contribution in [3.63, 3.8) is 0 Å². The Labute approximate surface area is 183 Å². The Morgan fingerprint density at radius 3 is 2.71 bits per heavy atom. The lowest BCUT2D eigenvalue weighted by Gasteiger charge is -2.25. The molecule has 1 aliphatic heterocycles. The minimum absolute atomic E-state index is 0.108. The van der Waals surface area contributed by atoms with Crippen molar-refractivity contribution in [2.45, 2.75) is 19.9 Å². The molecule has 0 saturated heterocycles. The van der Waals surface area contributed by atoms with Gasteiger partial charge in [0.05, 0.1) is 32.2 Å². The number of carbonyl (C=O) groups is 2. The minimum atomic E-state index is -0.158. The van der Waals surface area contributed by atoms with Gasteiger partial charge in [0.15, 0.2) is 5.13 Å². The normalized spacial score (nSPS) is 13.0. The second-order valence-corrected chi connectivity index (χ2v) is 8.24. The number of ether oxygens (including phenoxy) is 2. The van der Waals surface area contributed by atoms with Crippen LogP contribution in [0.1, 0.15) is 28.0 Å². The van der Waals surface area contributed by atoms with Crippen molar-refractivity contribution in [2.24, 2.45) is 7.05 Å². The molecule has 162 valence electrons. The second-order valence-electron chi connectivity index (χ2n) is 7.15. The lowest BCUT2D eigenvalue weighted by atomic mass is 10.1. The largest absolute Gasteiger partial charge is 0.497 e. The van der Waals surface area contributed by atoms with E-state index in [2.05, 4.69) is 15.4 Å². The summed E-state index contributed by atoms with van der Waals surface area (Å²) in [5.74, 6) is 1.06. The molecule has 3 heterocycles. The molecule has 10 heteroatoms. The Morgan fingerprint density at radius 1 is 1.19 bits per heavy atom. The summed E-state index contributed by atoms with van der Waals surface area (Å²) >= 11 is 1.41. The summed E-state index contributed by atoms with van der Waals surface area (Å²) in [7, 11) is 4.94. The first kappa shape index (κ1) is 20.9. The molecule has 0 aliphatic carbocycles. The first-order valence-corrected chi connectivity index (χ1v) is 10.5. The number of hydrogen-bond acceptors (Lipinski definition) is 7.